The van der Waals surface area contributed by atoms with Crippen LogP contribution in [0.2, 0.25) is 0 Å². The average molecular weight is 449 g/mol. The Bertz CT molecular complexity index is 1320. The molecule has 156 valence electrons. The number of thioether (sulfide) groups is 1. The Labute approximate surface area is 187 Å². The molecule has 0 spiro atoms. The molecule has 0 aliphatic heterocycles. The number of aromatic nitrogens is 3. The summed E-state index contributed by atoms with van der Waals surface area (Å²) in [6, 6.07) is 16.7. The van der Waals surface area contributed by atoms with Crippen molar-refractivity contribution in [3.8, 4) is 0 Å². The molecule has 1 N–H and O–H groups in total. The number of carbonyl (C=O) groups excluding carboxylic acids is 1. The van der Waals surface area contributed by atoms with E-state index in [1.165, 1.54) is 15.9 Å². The number of hydrogen-bond donors (Lipinski definition) is 1. The van der Waals surface area contributed by atoms with Gasteiger partial charge in [-0.1, -0.05) is 41.2 Å². The number of para-hydroxylation sites is 1. The molecule has 1 aliphatic carbocycles. The van der Waals surface area contributed by atoms with Crippen LogP contribution in [0, 0.1) is 6.92 Å². The summed E-state index contributed by atoms with van der Waals surface area (Å²) in [7, 11) is 0. The number of carbonyl (C=O) groups is 1. The molecule has 2 heterocycles. The van der Waals surface area contributed by atoms with Gasteiger partial charge in [0.15, 0.2) is 0 Å². The highest BCUT2D eigenvalue weighted by molar-refractivity contribution is 7.98. The van der Waals surface area contributed by atoms with Gasteiger partial charge in [-0.25, -0.2) is 4.98 Å². The molecule has 8 heteroatoms. The van der Waals surface area contributed by atoms with Crippen LogP contribution in [-0.2, 0) is 5.75 Å². The van der Waals surface area contributed by atoms with E-state index in [-0.39, 0.29) is 11.5 Å². The van der Waals surface area contributed by atoms with Crippen molar-refractivity contribution in [2.45, 2.75) is 36.3 Å². The SMILES string of the molecule is Cc1ccc(C(=O)Nc2ccccc2SCc2cc(=O)n3nc(C4CC4)sc3n2)cc1. The van der Waals surface area contributed by atoms with Crippen LogP contribution in [0.3, 0.4) is 0 Å². The van der Waals surface area contributed by atoms with Gasteiger partial charge >= 0.3 is 0 Å². The summed E-state index contributed by atoms with van der Waals surface area (Å²) in [6.45, 7) is 1.99. The summed E-state index contributed by atoms with van der Waals surface area (Å²) in [5, 5.41) is 8.41. The lowest BCUT2D eigenvalue weighted by atomic mass is 10.1. The molecule has 1 aliphatic rings. The summed E-state index contributed by atoms with van der Waals surface area (Å²) in [6.07, 6.45) is 2.28. The molecule has 0 saturated heterocycles. The monoisotopic (exact) mass is 448 g/mol. The van der Waals surface area contributed by atoms with Crippen molar-refractivity contribution >= 4 is 39.7 Å². The molecule has 1 amide bonds. The van der Waals surface area contributed by atoms with E-state index < -0.39 is 0 Å². The third-order valence-corrected chi connectivity index (χ3v) is 7.24. The van der Waals surface area contributed by atoms with Crippen LogP contribution in [-0.4, -0.2) is 20.5 Å². The van der Waals surface area contributed by atoms with Gasteiger partial charge < -0.3 is 5.32 Å². The van der Waals surface area contributed by atoms with E-state index in [1.54, 1.807) is 17.8 Å². The molecule has 31 heavy (non-hydrogen) atoms. The minimum Gasteiger partial charge on any atom is -0.321 e. The van der Waals surface area contributed by atoms with Gasteiger partial charge in [0.05, 0.1) is 11.4 Å². The molecule has 0 bridgehead atoms. The topological polar surface area (TPSA) is 76.4 Å². The van der Waals surface area contributed by atoms with E-state index in [0.717, 1.165) is 34.0 Å². The highest BCUT2D eigenvalue weighted by Gasteiger charge is 2.28. The van der Waals surface area contributed by atoms with Crippen molar-refractivity contribution in [2.75, 3.05) is 5.32 Å². The number of nitrogens with zero attached hydrogens (tertiary/aromatic N) is 3. The first-order valence-corrected chi connectivity index (χ1v) is 11.9. The molecule has 5 rings (SSSR count). The number of benzene rings is 2. The number of nitrogens with one attached hydrogen (secondary N) is 1. The first-order valence-electron chi connectivity index (χ1n) is 10.1. The molecule has 1 saturated carbocycles. The predicted molar refractivity (Wildman–Crippen MR) is 124 cm³/mol. The number of amides is 1. The Morgan fingerprint density at radius 1 is 1.19 bits per heavy atom. The summed E-state index contributed by atoms with van der Waals surface area (Å²) < 4.78 is 1.40. The van der Waals surface area contributed by atoms with Crippen LogP contribution >= 0.6 is 23.1 Å². The highest BCUT2D eigenvalue weighted by atomic mass is 32.2. The van der Waals surface area contributed by atoms with E-state index in [9.17, 15) is 9.59 Å². The summed E-state index contributed by atoms with van der Waals surface area (Å²) >= 11 is 3.04. The van der Waals surface area contributed by atoms with Gasteiger partial charge in [-0.3, -0.25) is 9.59 Å². The van der Waals surface area contributed by atoms with Gasteiger partial charge in [-0.15, -0.1) is 11.8 Å². The predicted octanol–water partition coefficient (Wildman–Crippen LogP) is 4.88. The molecule has 6 nitrogen and oxygen atoms in total. The maximum atomic E-state index is 12.6. The standard InChI is InChI=1S/C23H20N4O2S2/c1-14-6-8-15(9-7-14)21(29)25-18-4-2-3-5-19(18)30-13-17-12-20(28)27-23(24-17)31-22(26-27)16-10-11-16/h2-9,12,16H,10-11,13H2,1H3,(H,25,29). The van der Waals surface area contributed by atoms with Crippen LogP contribution in [0.15, 0.2) is 64.3 Å². The smallest absolute Gasteiger partial charge is 0.275 e. The molecule has 0 unspecified atom stereocenters. The van der Waals surface area contributed by atoms with Crippen LogP contribution in [0.4, 0.5) is 5.69 Å². The molecule has 2 aromatic heterocycles. The van der Waals surface area contributed by atoms with Crippen LogP contribution in [0.1, 0.15) is 45.4 Å². The zero-order valence-corrected chi connectivity index (χ0v) is 18.5. The second-order valence-corrected chi connectivity index (χ2v) is 9.60. The number of anilines is 1. The lowest BCUT2D eigenvalue weighted by molar-refractivity contribution is 0.102. The Hall–Kier alpha value is -2.97. The number of fused-ring (bicyclic) bond motifs is 1. The molecular weight excluding hydrogens is 428 g/mol. The summed E-state index contributed by atoms with van der Waals surface area (Å²) in [4.78, 5) is 31.3. The van der Waals surface area contributed by atoms with E-state index >= 15 is 0 Å². The van der Waals surface area contributed by atoms with Crippen molar-refractivity contribution in [1.29, 1.82) is 0 Å². The van der Waals surface area contributed by atoms with Gasteiger partial charge in [0.2, 0.25) is 4.96 Å². The van der Waals surface area contributed by atoms with Crippen LogP contribution in [0.5, 0.6) is 0 Å². The van der Waals surface area contributed by atoms with Gasteiger partial charge in [0.1, 0.15) is 5.01 Å². The Kier molecular flexibility index (Phi) is 5.33. The third-order valence-electron chi connectivity index (χ3n) is 5.06. The normalized spacial score (nSPS) is 13.5. The minimum absolute atomic E-state index is 0.148. The highest BCUT2D eigenvalue weighted by Crippen LogP contribution is 2.41. The maximum absolute atomic E-state index is 12.6. The third kappa shape index (κ3) is 4.40. The largest absolute Gasteiger partial charge is 0.321 e. The fourth-order valence-corrected chi connectivity index (χ4v) is 5.18. The van der Waals surface area contributed by atoms with Crippen LogP contribution in [0.25, 0.3) is 4.96 Å². The first-order chi connectivity index (χ1) is 15.1. The Morgan fingerprint density at radius 2 is 1.97 bits per heavy atom. The second-order valence-electron chi connectivity index (χ2n) is 7.60. The summed E-state index contributed by atoms with van der Waals surface area (Å²) in [5.41, 5.74) is 3.02. The van der Waals surface area contributed by atoms with Gasteiger partial charge in [0.25, 0.3) is 11.5 Å². The lowest BCUT2D eigenvalue weighted by Gasteiger charge is -2.11. The van der Waals surface area contributed by atoms with Gasteiger partial charge in [0, 0.05) is 28.2 Å². The molecule has 0 atom stereocenters. The fourth-order valence-electron chi connectivity index (χ4n) is 3.19. The minimum atomic E-state index is -0.150. The van der Waals surface area contributed by atoms with Gasteiger partial charge in [-0.05, 0) is 44.0 Å². The van der Waals surface area contributed by atoms with Crippen molar-refractivity contribution < 1.29 is 4.79 Å². The van der Waals surface area contributed by atoms with Gasteiger partial charge in [-0.2, -0.15) is 9.61 Å². The number of rotatable bonds is 6. The van der Waals surface area contributed by atoms with Crippen molar-refractivity contribution in [1.82, 2.24) is 14.6 Å². The Balaban J connectivity index is 1.33. The Morgan fingerprint density at radius 3 is 2.74 bits per heavy atom. The molecule has 0 radical (unpaired) electrons. The van der Waals surface area contributed by atoms with Crippen molar-refractivity contribution in [2.24, 2.45) is 0 Å². The van der Waals surface area contributed by atoms with Crippen LogP contribution < -0.4 is 10.9 Å². The molecule has 4 aromatic rings. The quantitative estimate of drug-likeness (QED) is 0.426. The molecule has 2 aromatic carbocycles. The maximum Gasteiger partial charge on any atom is 0.275 e. The fraction of sp³-hybridized carbons (Fsp3) is 0.217. The average Bonchev–Trinajstić information content (AvgIpc) is 3.53. The lowest BCUT2D eigenvalue weighted by Crippen LogP contribution is -2.15. The molecule has 1 fully saturated rings. The van der Waals surface area contributed by atoms with Crippen molar-refractivity contribution in [3.05, 3.63) is 86.8 Å². The van der Waals surface area contributed by atoms with E-state index in [2.05, 4.69) is 15.4 Å². The molecular formula is C23H20N4O2S2. The summed E-state index contributed by atoms with van der Waals surface area (Å²) in [5.74, 6) is 0.871. The number of hydrogen-bond acceptors (Lipinski definition) is 6. The zero-order valence-electron chi connectivity index (χ0n) is 16.9. The van der Waals surface area contributed by atoms with E-state index in [1.807, 2.05) is 55.5 Å². The van der Waals surface area contributed by atoms with E-state index in [4.69, 9.17) is 0 Å². The zero-order chi connectivity index (χ0) is 21.4. The first kappa shape index (κ1) is 20.0. The second kappa shape index (κ2) is 8.28. The van der Waals surface area contributed by atoms with Crippen molar-refractivity contribution in [3.63, 3.8) is 0 Å². The number of aryl methyl sites for hydroxylation is 1. The van der Waals surface area contributed by atoms with E-state index in [0.29, 0.717) is 27.9 Å².